The van der Waals surface area contributed by atoms with Gasteiger partial charge < -0.3 is 25.5 Å². The van der Waals surface area contributed by atoms with Crippen LogP contribution in [-0.2, 0) is 0 Å². The Morgan fingerprint density at radius 1 is 0.553 bits per heavy atom. The van der Waals surface area contributed by atoms with Gasteiger partial charge in [0.15, 0.2) is 0 Å². The van der Waals surface area contributed by atoms with Crippen LogP contribution in [0, 0.1) is 0 Å². The highest BCUT2D eigenvalue weighted by atomic mass is 16.3. The van der Waals surface area contributed by atoms with Crippen molar-refractivity contribution in [2.75, 3.05) is 48.6 Å². The molecule has 4 aromatic carbocycles. The summed E-state index contributed by atoms with van der Waals surface area (Å²) in [6.45, 7) is 0. The zero-order valence-electron chi connectivity index (χ0n) is 22.0. The Morgan fingerprint density at radius 2 is 0.868 bits per heavy atom. The molecule has 4 aromatic rings. The molecule has 4 rings (SSSR count). The Labute approximate surface area is 223 Å². The number of aliphatic hydroxyl groups excluding tert-OH is 1. The van der Waals surface area contributed by atoms with Crippen LogP contribution in [0.3, 0.4) is 0 Å². The molecule has 0 aliphatic heterocycles. The third-order valence-electron chi connectivity index (χ3n) is 6.26. The molecule has 0 fully saturated rings. The molecule has 3 N–H and O–H groups in total. The summed E-state index contributed by atoms with van der Waals surface area (Å²) in [6.07, 6.45) is -0.846. The lowest BCUT2D eigenvalue weighted by atomic mass is 10.0. The summed E-state index contributed by atoms with van der Waals surface area (Å²) in [5, 5.41) is 16.6. The first-order valence-electron chi connectivity index (χ1n) is 12.3. The molecular weight excluding hydrogens is 476 g/mol. The average molecular weight is 509 g/mol. The van der Waals surface area contributed by atoms with Gasteiger partial charge in [-0.15, -0.1) is 0 Å². The number of benzene rings is 4. The highest BCUT2D eigenvalue weighted by Crippen LogP contribution is 2.25. The van der Waals surface area contributed by atoms with Crippen LogP contribution in [0.4, 0.5) is 22.7 Å². The van der Waals surface area contributed by atoms with Crippen LogP contribution >= 0.6 is 0 Å². The van der Waals surface area contributed by atoms with Gasteiger partial charge in [0.1, 0.15) is 6.10 Å². The zero-order chi connectivity index (χ0) is 27.2. The van der Waals surface area contributed by atoms with Crippen LogP contribution in [0.1, 0.15) is 37.9 Å². The van der Waals surface area contributed by atoms with Crippen LogP contribution in [0.5, 0.6) is 0 Å². The lowest BCUT2D eigenvalue weighted by molar-refractivity contribution is 0.101. The first-order valence-corrected chi connectivity index (χ1v) is 12.3. The second kappa shape index (κ2) is 11.6. The zero-order valence-corrected chi connectivity index (χ0v) is 22.0. The van der Waals surface area contributed by atoms with E-state index in [4.69, 9.17) is 0 Å². The number of carbonyl (C=O) groups excluding carboxylic acids is 2. The van der Waals surface area contributed by atoms with Crippen LogP contribution in [0.2, 0.25) is 0 Å². The van der Waals surface area contributed by atoms with E-state index in [1.807, 2.05) is 62.3 Å². The normalized spacial score (nSPS) is 10.7. The van der Waals surface area contributed by atoms with E-state index in [9.17, 15) is 14.7 Å². The third-order valence-corrected chi connectivity index (χ3v) is 6.26. The molecule has 7 heteroatoms. The number of nitrogens with zero attached hydrogens (tertiary/aromatic N) is 2. The highest BCUT2D eigenvalue weighted by Gasteiger charge is 2.13. The second-order valence-corrected chi connectivity index (χ2v) is 9.44. The van der Waals surface area contributed by atoms with Gasteiger partial charge in [0, 0.05) is 62.1 Å². The molecule has 0 aliphatic carbocycles. The molecule has 2 amide bonds. The molecular formula is C31H32N4O3. The Hall–Kier alpha value is -4.62. The van der Waals surface area contributed by atoms with Crippen molar-refractivity contribution in [1.82, 2.24) is 0 Å². The SMILES string of the molecule is CN(C)c1ccc(C(=O)Nc2ccc(C(O)c3ccc(NC(=O)c4ccc(N(C)C)cc4)cc3)cc2)cc1. The lowest BCUT2D eigenvalue weighted by Crippen LogP contribution is -2.13. The fourth-order valence-electron chi connectivity index (χ4n) is 3.92. The van der Waals surface area contributed by atoms with Gasteiger partial charge in [0.2, 0.25) is 0 Å². The van der Waals surface area contributed by atoms with Crippen molar-refractivity contribution >= 4 is 34.6 Å². The van der Waals surface area contributed by atoms with Crippen molar-refractivity contribution in [2.24, 2.45) is 0 Å². The third kappa shape index (κ3) is 6.38. The summed E-state index contributed by atoms with van der Waals surface area (Å²) in [5.74, 6) is -0.398. The molecule has 194 valence electrons. The maximum absolute atomic E-state index is 12.6. The number of aliphatic hydroxyl groups is 1. The smallest absolute Gasteiger partial charge is 0.255 e. The predicted molar refractivity (Wildman–Crippen MR) is 154 cm³/mol. The summed E-state index contributed by atoms with van der Waals surface area (Å²) in [6, 6.07) is 28.9. The van der Waals surface area contributed by atoms with Crippen molar-refractivity contribution in [1.29, 1.82) is 0 Å². The first kappa shape index (κ1) is 26.4. The molecule has 0 aliphatic rings. The molecule has 0 heterocycles. The quantitative estimate of drug-likeness (QED) is 0.297. The minimum absolute atomic E-state index is 0.199. The minimum atomic E-state index is -0.846. The summed E-state index contributed by atoms with van der Waals surface area (Å²) in [4.78, 5) is 29.1. The standard InChI is InChI=1S/C31H32N4O3/c1-34(2)27-17-9-23(10-18-27)30(37)32-25-13-5-21(6-14-25)29(36)22-7-15-26(16-8-22)33-31(38)24-11-19-28(20-12-24)35(3)4/h5-20,29,36H,1-4H3,(H,32,37)(H,33,38). The molecule has 0 unspecified atom stereocenters. The number of hydrogen-bond acceptors (Lipinski definition) is 5. The molecule has 0 aromatic heterocycles. The molecule has 0 spiro atoms. The van der Waals surface area contributed by atoms with E-state index in [1.165, 1.54) is 0 Å². The number of amides is 2. The van der Waals surface area contributed by atoms with Crippen molar-refractivity contribution in [3.05, 3.63) is 119 Å². The monoisotopic (exact) mass is 508 g/mol. The molecule has 0 radical (unpaired) electrons. The highest BCUT2D eigenvalue weighted by molar-refractivity contribution is 6.05. The molecule has 7 nitrogen and oxygen atoms in total. The van der Waals surface area contributed by atoms with E-state index >= 15 is 0 Å². The maximum Gasteiger partial charge on any atom is 0.255 e. The fourth-order valence-corrected chi connectivity index (χ4v) is 3.92. The Bertz CT molecular complexity index is 1270. The van der Waals surface area contributed by atoms with Crippen LogP contribution in [-0.4, -0.2) is 45.1 Å². The van der Waals surface area contributed by atoms with Crippen LogP contribution < -0.4 is 20.4 Å². The molecule has 0 atom stereocenters. The number of hydrogen-bond donors (Lipinski definition) is 3. The molecule has 0 saturated heterocycles. The van der Waals surface area contributed by atoms with E-state index in [0.717, 1.165) is 11.4 Å². The van der Waals surface area contributed by atoms with Gasteiger partial charge >= 0.3 is 0 Å². The average Bonchev–Trinajstić information content (AvgIpc) is 2.93. The van der Waals surface area contributed by atoms with Gasteiger partial charge in [-0.3, -0.25) is 9.59 Å². The maximum atomic E-state index is 12.6. The van der Waals surface area contributed by atoms with E-state index in [0.29, 0.717) is 33.6 Å². The Kier molecular flexibility index (Phi) is 8.09. The first-order chi connectivity index (χ1) is 18.2. The number of nitrogens with one attached hydrogen (secondary N) is 2. The van der Waals surface area contributed by atoms with E-state index in [2.05, 4.69) is 10.6 Å². The van der Waals surface area contributed by atoms with Gasteiger partial charge in [-0.25, -0.2) is 0 Å². The largest absolute Gasteiger partial charge is 0.384 e. The number of carbonyl (C=O) groups is 2. The predicted octanol–water partition coefficient (Wildman–Crippen LogP) is 5.40. The summed E-state index contributed by atoms with van der Waals surface area (Å²) >= 11 is 0. The Balaban J connectivity index is 1.35. The molecule has 0 saturated carbocycles. The minimum Gasteiger partial charge on any atom is -0.384 e. The van der Waals surface area contributed by atoms with Gasteiger partial charge in [-0.05, 0) is 83.9 Å². The van der Waals surface area contributed by atoms with Crippen LogP contribution in [0.25, 0.3) is 0 Å². The second-order valence-electron chi connectivity index (χ2n) is 9.44. The van der Waals surface area contributed by atoms with E-state index in [1.54, 1.807) is 72.8 Å². The van der Waals surface area contributed by atoms with Gasteiger partial charge in [0.25, 0.3) is 11.8 Å². The van der Waals surface area contributed by atoms with E-state index in [-0.39, 0.29) is 11.8 Å². The fraction of sp³-hybridized carbons (Fsp3) is 0.161. The van der Waals surface area contributed by atoms with Crippen LogP contribution in [0.15, 0.2) is 97.1 Å². The van der Waals surface area contributed by atoms with Gasteiger partial charge in [-0.2, -0.15) is 0 Å². The summed E-state index contributed by atoms with van der Waals surface area (Å²) in [7, 11) is 7.79. The van der Waals surface area contributed by atoms with Crippen molar-refractivity contribution in [3.63, 3.8) is 0 Å². The topological polar surface area (TPSA) is 84.9 Å². The number of rotatable bonds is 8. The lowest BCUT2D eigenvalue weighted by Gasteiger charge is -2.14. The summed E-state index contributed by atoms with van der Waals surface area (Å²) in [5.41, 5.74) is 5.83. The van der Waals surface area contributed by atoms with Crippen molar-refractivity contribution in [3.8, 4) is 0 Å². The Morgan fingerprint density at radius 3 is 1.16 bits per heavy atom. The summed E-state index contributed by atoms with van der Waals surface area (Å²) < 4.78 is 0. The van der Waals surface area contributed by atoms with Gasteiger partial charge in [0.05, 0.1) is 0 Å². The molecule has 38 heavy (non-hydrogen) atoms. The number of anilines is 4. The van der Waals surface area contributed by atoms with E-state index < -0.39 is 6.10 Å². The van der Waals surface area contributed by atoms with Crippen molar-refractivity contribution in [2.45, 2.75) is 6.10 Å². The van der Waals surface area contributed by atoms with Gasteiger partial charge in [-0.1, -0.05) is 24.3 Å². The molecule has 0 bridgehead atoms. The van der Waals surface area contributed by atoms with Crippen molar-refractivity contribution < 1.29 is 14.7 Å².